The quantitative estimate of drug-likeness (QED) is 0.715. The Balaban J connectivity index is 1.56. The summed E-state index contributed by atoms with van der Waals surface area (Å²) < 4.78 is 0. The van der Waals surface area contributed by atoms with Gasteiger partial charge < -0.3 is 10.2 Å². The molecule has 2 aromatic rings. The van der Waals surface area contributed by atoms with Crippen molar-refractivity contribution in [3.63, 3.8) is 0 Å². The van der Waals surface area contributed by atoms with E-state index >= 15 is 0 Å². The van der Waals surface area contributed by atoms with Crippen molar-refractivity contribution < 1.29 is 14.4 Å². The van der Waals surface area contributed by atoms with E-state index in [1.165, 1.54) is 0 Å². The number of rotatable bonds is 8. The number of Topliss-reactive ketones (excluding diaryl/α,β-unsaturated/α-hetero) is 1. The SMILES string of the molecule is O=C(CCCC(=O)c1ccccc1)N[C@H](C(=O)N1CCCC1)c1ccccc1. The second-order valence-corrected chi connectivity index (χ2v) is 7.09. The van der Waals surface area contributed by atoms with Gasteiger partial charge in [0.2, 0.25) is 11.8 Å². The highest BCUT2D eigenvalue weighted by molar-refractivity contribution is 5.96. The third-order valence-electron chi connectivity index (χ3n) is 5.01. The largest absolute Gasteiger partial charge is 0.341 e. The molecule has 0 bridgehead atoms. The van der Waals surface area contributed by atoms with Gasteiger partial charge in [0.25, 0.3) is 0 Å². The zero-order valence-electron chi connectivity index (χ0n) is 16.0. The van der Waals surface area contributed by atoms with Crippen LogP contribution in [-0.2, 0) is 9.59 Å². The van der Waals surface area contributed by atoms with Crippen LogP contribution >= 0.6 is 0 Å². The number of carbonyl (C=O) groups excluding carboxylic acids is 3. The molecule has 1 aliphatic rings. The van der Waals surface area contributed by atoms with Gasteiger partial charge in [-0.3, -0.25) is 14.4 Å². The minimum Gasteiger partial charge on any atom is -0.341 e. The maximum Gasteiger partial charge on any atom is 0.249 e. The maximum absolute atomic E-state index is 12.9. The number of benzene rings is 2. The summed E-state index contributed by atoms with van der Waals surface area (Å²) in [6.45, 7) is 1.48. The molecule has 0 aliphatic carbocycles. The van der Waals surface area contributed by atoms with Crippen molar-refractivity contribution in [3.05, 3.63) is 71.8 Å². The summed E-state index contributed by atoms with van der Waals surface area (Å²) >= 11 is 0. The Labute approximate surface area is 165 Å². The molecule has 3 rings (SSSR count). The minimum absolute atomic E-state index is 0.0288. The Bertz CT molecular complexity index is 799. The van der Waals surface area contributed by atoms with Gasteiger partial charge in [0.1, 0.15) is 6.04 Å². The molecule has 0 unspecified atom stereocenters. The molecular weight excluding hydrogens is 352 g/mol. The average Bonchev–Trinajstić information content (AvgIpc) is 3.28. The molecule has 2 aromatic carbocycles. The second-order valence-electron chi connectivity index (χ2n) is 7.09. The molecule has 2 amide bonds. The summed E-state index contributed by atoms with van der Waals surface area (Å²) in [5.41, 5.74) is 1.45. The zero-order valence-corrected chi connectivity index (χ0v) is 16.0. The third kappa shape index (κ3) is 5.28. The van der Waals surface area contributed by atoms with Gasteiger partial charge in [-0.25, -0.2) is 0 Å². The van der Waals surface area contributed by atoms with Crippen molar-refractivity contribution in [2.75, 3.05) is 13.1 Å². The van der Waals surface area contributed by atoms with Crippen molar-refractivity contribution in [2.24, 2.45) is 0 Å². The van der Waals surface area contributed by atoms with Gasteiger partial charge in [0.15, 0.2) is 5.78 Å². The first-order valence-corrected chi connectivity index (χ1v) is 9.86. The lowest BCUT2D eigenvalue weighted by atomic mass is 10.0. The van der Waals surface area contributed by atoms with E-state index in [9.17, 15) is 14.4 Å². The van der Waals surface area contributed by atoms with Crippen molar-refractivity contribution >= 4 is 17.6 Å². The lowest BCUT2D eigenvalue weighted by Crippen LogP contribution is -2.41. The van der Waals surface area contributed by atoms with Gasteiger partial charge in [0, 0.05) is 31.5 Å². The number of nitrogens with zero attached hydrogens (tertiary/aromatic N) is 1. The molecule has 1 fully saturated rings. The lowest BCUT2D eigenvalue weighted by Gasteiger charge is -2.24. The van der Waals surface area contributed by atoms with Crippen LogP contribution < -0.4 is 5.32 Å². The van der Waals surface area contributed by atoms with Crippen molar-refractivity contribution in [2.45, 2.75) is 38.1 Å². The molecule has 0 spiro atoms. The Morgan fingerprint density at radius 3 is 2.11 bits per heavy atom. The maximum atomic E-state index is 12.9. The van der Waals surface area contributed by atoms with Crippen LogP contribution in [0.25, 0.3) is 0 Å². The van der Waals surface area contributed by atoms with Gasteiger partial charge in [-0.15, -0.1) is 0 Å². The van der Waals surface area contributed by atoms with E-state index in [1.54, 1.807) is 12.1 Å². The van der Waals surface area contributed by atoms with Crippen LogP contribution in [0.15, 0.2) is 60.7 Å². The van der Waals surface area contributed by atoms with Crippen LogP contribution in [-0.4, -0.2) is 35.6 Å². The first-order valence-electron chi connectivity index (χ1n) is 9.86. The highest BCUT2D eigenvalue weighted by atomic mass is 16.2. The van der Waals surface area contributed by atoms with E-state index in [0.717, 1.165) is 31.5 Å². The molecule has 1 aliphatic heterocycles. The highest BCUT2D eigenvalue weighted by Gasteiger charge is 2.28. The Hall–Kier alpha value is -2.95. The van der Waals surface area contributed by atoms with E-state index in [-0.39, 0.29) is 24.0 Å². The molecule has 0 aromatic heterocycles. The van der Waals surface area contributed by atoms with Crippen LogP contribution in [0.2, 0.25) is 0 Å². The Kier molecular flexibility index (Phi) is 6.95. The van der Waals surface area contributed by atoms with Gasteiger partial charge >= 0.3 is 0 Å². The smallest absolute Gasteiger partial charge is 0.249 e. The monoisotopic (exact) mass is 378 g/mol. The van der Waals surface area contributed by atoms with E-state index in [2.05, 4.69) is 5.32 Å². The van der Waals surface area contributed by atoms with E-state index in [4.69, 9.17) is 0 Å². The molecule has 146 valence electrons. The predicted molar refractivity (Wildman–Crippen MR) is 108 cm³/mol. The molecular formula is C23H26N2O3. The van der Waals surface area contributed by atoms with Gasteiger partial charge in [-0.05, 0) is 24.8 Å². The summed E-state index contributed by atoms with van der Waals surface area (Å²) in [4.78, 5) is 39.4. The van der Waals surface area contributed by atoms with Gasteiger partial charge in [0.05, 0.1) is 0 Å². The summed E-state index contributed by atoms with van der Waals surface area (Å²) in [6.07, 6.45) is 2.99. The first kappa shape index (κ1) is 19.8. The summed E-state index contributed by atoms with van der Waals surface area (Å²) in [5, 5.41) is 2.88. The molecule has 1 heterocycles. The number of amides is 2. The predicted octanol–water partition coefficient (Wildman–Crippen LogP) is 3.52. The molecule has 0 radical (unpaired) electrons. The normalized spacial score (nSPS) is 14.5. The fourth-order valence-corrected chi connectivity index (χ4v) is 3.46. The number of nitrogens with one attached hydrogen (secondary N) is 1. The Morgan fingerprint density at radius 1 is 0.857 bits per heavy atom. The summed E-state index contributed by atoms with van der Waals surface area (Å²) in [5.74, 6) is -0.235. The number of hydrogen-bond donors (Lipinski definition) is 1. The number of hydrogen-bond acceptors (Lipinski definition) is 3. The number of likely N-dealkylation sites (tertiary alicyclic amines) is 1. The van der Waals surface area contributed by atoms with E-state index in [0.29, 0.717) is 18.4 Å². The third-order valence-corrected chi connectivity index (χ3v) is 5.01. The van der Waals surface area contributed by atoms with Crippen LogP contribution in [0.3, 0.4) is 0 Å². The van der Waals surface area contributed by atoms with Crippen molar-refractivity contribution in [1.82, 2.24) is 10.2 Å². The van der Waals surface area contributed by atoms with Crippen LogP contribution in [0.5, 0.6) is 0 Å². The molecule has 5 heteroatoms. The summed E-state index contributed by atoms with van der Waals surface area (Å²) in [7, 11) is 0. The standard InChI is InChI=1S/C23H26N2O3/c26-20(18-10-3-1-4-11-18)14-9-15-21(27)24-22(19-12-5-2-6-13-19)23(28)25-16-7-8-17-25/h1-6,10-13,22H,7-9,14-17H2,(H,24,27)/t22-/m0/s1. The van der Waals surface area contributed by atoms with Crippen LogP contribution in [0, 0.1) is 0 Å². The van der Waals surface area contributed by atoms with Crippen LogP contribution in [0.1, 0.15) is 54.1 Å². The highest BCUT2D eigenvalue weighted by Crippen LogP contribution is 2.19. The minimum atomic E-state index is -0.670. The topological polar surface area (TPSA) is 66.5 Å². The molecule has 1 N–H and O–H groups in total. The number of ketones is 1. The van der Waals surface area contributed by atoms with Crippen molar-refractivity contribution in [3.8, 4) is 0 Å². The van der Waals surface area contributed by atoms with Gasteiger partial charge in [-0.1, -0.05) is 60.7 Å². The fraction of sp³-hybridized carbons (Fsp3) is 0.348. The van der Waals surface area contributed by atoms with E-state index in [1.807, 2.05) is 53.4 Å². The second kappa shape index (κ2) is 9.83. The summed E-state index contributed by atoms with van der Waals surface area (Å²) in [6, 6.07) is 17.7. The molecule has 28 heavy (non-hydrogen) atoms. The molecule has 1 atom stereocenters. The number of carbonyl (C=O) groups is 3. The van der Waals surface area contributed by atoms with Crippen molar-refractivity contribution in [1.29, 1.82) is 0 Å². The molecule has 1 saturated heterocycles. The fourth-order valence-electron chi connectivity index (χ4n) is 3.46. The van der Waals surface area contributed by atoms with Gasteiger partial charge in [-0.2, -0.15) is 0 Å². The zero-order chi connectivity index (χ0) is 19.8. The van der Waals surface area contributed by atoms with E-state index < -0.39 is 6.04 Å². The molecule has 0 saturated carbocycles. The average molecular weight is 378 g/mol. The lowest BCUT2D eigenvalue weighted by molar-refractivity contribution is -0.135. The first-order chi connectivity index (χ1) is 13.6. The van der Waals surface area contributed by atoms with Crippen LogP contribution in [0.4, 0.5) is 0 Å². The Morgan fingerprint density at radius 2 is 1.46 bits per heavy atom. The molecule has 5 nitrogen and oxygen atoms in total.